The highest BCUT2D eigenvalue weighted by molar-refractivity contribution is 9.10. The predicted octanol–water partition coefficient (Wildman–Crippen LogP) is 5.96. The third-order valence-corrected chi connectivity index (χ3v) is 3.99. The summed E-state index contributed by atoms with van der Waals surface area (Å²) in [7, 11) is 0. The van der Waals surface area contributed by atoms with Crippen LogP contribution < -0.4 is 5.32 Å². The molecule has 1 N–H and O–H groups in total. The van der Waals surface area contributed by atoms with Gasteiger partial charge in [-0.15, -0.1) is 0 Å². The third-order valence-electron chi connectivity index (χ3n) is 3.49. The Morgan fingerprint density at radius 2 is 1.80 bits per heavy atom. The van der Waals surface area contributed by atoms with Gasteiger partial charge in [0.15, 0.2) is 0 Å². The first-order chi connectivity index (χ1) is 9.72. The molecule has 0 saturated carbocycles. The van der Waals surface area contributed by atoms with Gasteiger partial charge in [-0.3, -0.25) is 0 Å². The van der Waals surface area contributed by atoms with Gasteiger partial charge in [0.05, 0.1) is 6.04 Å². The molecule has 106 valence electrons. The molecule has 0 amide bonds. The zero-order valence-electron chi connectivity index (χ0n) is 12.2. The van der Waals surface area contributed by atoms with Crippen molar-refractivity contribution < 1.29 is 0 Å². The largest absolute Gasteiger partial charge is 0.378 e. The highest BCUT2D eigenvalue weighted by Gasteiger charge is 2.09. The number of hydrogen-bond acceptors (Lipinski definition) is 1. The van der Waals surface area contributed by atoms with E-state index in [-0.39, 0.29) is 0 Å². The average Bonchev–Trinajstić information content (AvgIpc) is 2.47. The van der Waals surface area contributed by atoms with Crippen molar-refractivity contribution >= 4 is 21.6 Å². The van der Waals surface area contributed by atoms with Gasteiger partial charge in [0.1, 0.15) is 0 Å². The summed E-state index contributed by atoms with van der Waals surface area (Å²) in [5.74, 6) is 0. The zero-order chi connectivity index (χ0) is 14.4. The molecule has 0 radical (unpaired) electrons. The van der Waals surface area contributed by atoms with Crippen LogP contribution in [-0.4, -0.2) is 0 Å². The van der Waals surface area contributed by atoms with E-state index in [4.69, 9.17) is 0 Å². The fourth-order valence-corrected chi connectivity index (χ4v) is 2.82. The predicted molar refractivity (Wildman–Crippen MR) is 91.2 cm³/mol. The van der Waals surface area contributed by atoms with E-state index in [1.165, 1.54) is 23.2 Å². The molecular formula is C18H22BrN. The maximum atomic E-state index is 3.62. The molecule has 0 heterocycles. The van der Waals surface area contributed by atoms with Crippen LogP contribution in [-0.2, 0) is 6.42 Å². The smallest absolute Gasteiger partial charge is 0.0511 e. The third kappa shape index (κ3) is 4.11. The summed E-state index contributed by atoms with van der Waals surface area (Å²) < 4.78 is 1.13. The van der Waals surface area contributed by atoms with E-state index in [2.05, 4.69) is 83.6 Å². The van der Waals surface area contributed by atoms with E-state index in [0.29, 0.717) is 6.04 Å². The lowest BCUT2D eigenvalue weighted by Crippen LogP contribution is -2.09. The molecule has 1 unspecified atom stereocenters. The number of halogens is 1. The van der Waals surface area contributed by atoms with Crippen LogP contribution in [0, 0.1) is 0 Å². The zero-order valence-corrected chi connectivity index (χ0v) is 13.8. The Balaban J connectivity index is 2.09. The van der Waals surface area contributed by atoms with Crippen LogP contribution in [0.15, 0.2) is 53.0 Å². The van der Waals surface area contributed by atoms with Crippen molar-refractivity contribution in [3.63, 3.8) is 0 Å². The molecule has 20 heavy (non-hydrogen) atoms. The first-order valence-electron chi connectivity index (χ1n) is 7.34. The van der Waals surface area contributed by atoms with Gasteiger partial charge in [0.25, 0.3) is 0 Å². The normalized spacial score (nSPS) is 12.2. The quantitative estimate of drug-likeness (QED) is 0.688. The number of rotatable bonds is 6. The Hall–Kier alpha value is -1.28. The van der Waals surface area contributed by atoms with Gasteiger partial charge in [0, 0.05) is 10.2 Å². The molecule has 1 atom stereocenters. The fourth-order valence-electron chi connectivity index (χ4n) is 2.40. The second kappa shape index (κ2) is 7.49. The van der Waals surface area contributed by atoms with Crippen LogP contribution in [0.5, 0.6) is 0 Å². The van der Waals surface area contributed by atoms with E-state index < -0.39 is 0 Å². The average molecular weight is 332 g/mol. The summed E-state index contributed by atoms with van der Waals surface area (Å²) in [5.41, 5.74) is 3.92. The monoisotopic (exact) mass is 331 g/mol. The minimum absolute atomic E-state index is 0.351. The van der Waals surface area contributed by atoms with Gasteiger partial charge in [-0.05, 0) is 48.2 Å². The number of aryl methyl sites for hydroxylation is 1. The van der Waals surface area contributed by atoms with Crippen LogP contribution in [0.1, 0.15) is 43.9 Å². The summed E-state index contributed by atoms with van der Waals surface area (Å²) >= 11 is 3.54. The Labute approximate surface area is 130 Å². The summed E-state index contributed by atoms with van der Waals surface area (Å²) in [6, 6.07) is 17.7. The Bertz CT molecular complexity index is 533. The highest BCUT2D eigenvalue weighted by atomic mass is 79.9. The number of nitrogens with one attached hydrogen (secondary N) is 1. The molecule has 0 aliphatic rings. The molecule has 2 aromatic carbocycles. The van der Waals surface area contributed by atoms with Gasteiger partial charge in [-0.2, -0.15) is 0 Å². The molecule has 2 rings (SSSR count). The molecule has 0 spiro atoms. The van der Waals surface area contributed by atoms with E-state index >= 15 is 0 Å². The fraction of sp³-hybridized carbons (Fsp3) is 0.333. The van der Waals surface area contributed by atoms with Gasteiger partial charge >= 0.3 is 0 Å². The standard InChI is InChI=1S/C18H22BrN/c1-3-6-14-9-11-17(12-10-14)20-18(4-2)15-7-5-8-16(19)13-15/h5,7-13,18,20H,3-4,6H2,1-2H3. The first kappa shape index (κ1) is 15.1. The van der Waals surface area contributed by atoms with Crippen LogP contribution in [0.25, 0.3) is 0 Å². The summed E-state index contributed by atoms with van der Waals surface area (Å²) in [4.78, 5) is 0. The van der Waals surface area contributed by atoms with Crippen molar-refractivity contribution in [1.82, 2.24) is 0 Å². The molecule has 0 aromatic heterocycles. The lowest BCUT2D eigenvalue weighted by Gasteiger charge is -2.19. The second-order valence-corrected chi connectivity index (χ2v) is 6.02. The van der Waals surface area contributed by atoms with Crippen LogP contribution in [0.4, 0.5) is 5.69 Å². The van der Waals surface area contributed by atoms with Gasteiger partial charge in [-0.1, -0.05) is 60.5 Å². The highest BCUT2D eigenvalue weighted by Crippen LogP contribution is 2.25. The van der Waals surface area contributed by atoms with Gasteiger partial charge in [-0.25, -0.2) is 0 Å². The maximum Gasteiger partial charge on any atom is 0.0511 e. The molecule has 2 aromatic rings. The Kier molecular flexibility index (Phi) is 5.66. The number of benzene rings is 2. The summed E-state index contributed by atoms with van der Waals surface area (Å²) in [5, 5.41) is 3.62. The first-order valence-corrected chi connectivity index (χ1v) is 8.13. The summed E-state index contributed by atoms with van der Waals surface area (Å²) in [6.07, 6.45) is 3.42. The SMILES string of the molecule is CCCc1ccc(NC(CC)c2cccc(Br)c2)cc1. The van der Waals surface area contributed by atoms with Crippen molar-refractivity contribution in [2.75, 3.05) is 5.32 Å². The lowest BCUT2D eigenvalue weighted by atomic mass is 10.0. The Morgan fingerprint density at radius 3 is 2.40 bits per heavy atom. The topological polar surface area (TPSA) is 12.0 Å². The molecule has 2 heteroatoms. The molecule has 0 aliphatic heterocycles. The molecule has 0 saturated heterocycles. The Morgan fingerprint density at radius 1 is 1.05 bits per heavy atom. The minimum atomic E-state index is 0.351. The molecular weight excluding hydrogens is 310 g/mol. The lowest BCUT2D eigenvalue weighted by molar-refractivity contribution is 0.749. The molecule has 0 bridgehead atoms. The summed E-state index contributed by atoms with van der Waals surface area (Å²) in [6.45, 7) is 4.43. The number of hydrogen-bond donors (Lipinski definition) is 1. The molecule has 0 fully saturated rings. The van der Waals surface area contributed by atoms with E-state index in [1.54, 1.807) is 0 Å². The minimum Gasteiger partial charge on any atom is -0.378 e. The maximum absolute atomic E-state index is 3.62. The van der Waals surface area contributed by atoms with E-state index in [1.807, 2.05) is 0 Å². The molecule has 1 nitrogen and oxygen atoms in total. The van der Waals surface area contributed by atoms with Crippen LogP contribution in [0.3, 0.4) is 0 Å². The van der Waals surface area contributed by atoms with Crippen LogP contribution in [0.2, 0.25) is 0 Å². The van der Waals surface area contributed by atoms with Crippen LogP contribution >= 0.6 is 15.9 Å². The van der Waals surface area contributed by atoms with Crippen molar-refractivity contribution in [2.24, 2.45) is 0 Å². The number of anilines is 1. The van der Waals surface area contributed by atoms with Crippen molar-refractivity contribution in [2.45, 2.75) is 39.2 Å². The van der Waals surface area contributed by atoms with Gasteiger partial charge < -0.3 is 5.32 Å². The van der Waals surface area contributed by atoms with Crippen molar-refractivity contribution in [1.29, 1.82) is 0 Å². The molecule has 0 aliphatic carbocycles. The van der Waals surface area contributed by atoms with E-state index in [9.17, 15) is 0 Å². The van der Waals surface area contributed by atoms with Crippen molar-refractivity contribution in [3.8, 4) is 0 Å². The van der Waals surface area contributed by atoms with Crippen molar-refractivity contribution in [3.05, 3.63) is 64.1 Å². The second-order valence-electron chi connectivity index (χ2n) is 5.11. The van der Waals surface area contributed by atoms with Gasteiger partial charge in [0.2, 0.25) is 0 Å². The van der Waals surface area contributed by atoms with E-state index in [0.717, 1.165) is 17.3 Å².